The van der Waals surface area contributed by atoms with Crippen molar-refractivity contribution in [3.63, 3.8) is 0 Å². The molecule has 0 radical (unpaired) electrons. The first-order chi connectivity index (χ1) is 11.8. The number of carbonyl (C=O) groups is 1. The SMILES string of the molecule is C#Cc1cnc2cc(F)c(OC(CC)C(=O)NC(C)(C)C#C)cc2c1. The first kappa shape index (κ1) is 18.3. The summed E-state index contributed by atoms with van der Waals surface area (Å²) in [4.78, 5) is 16.4. The highest BCUT2D eigenvalue weighted by Crippen LogP contribution is 2.25. The molecule has 5 heteroatoms. The molecule has 1 unspecified atom stereocenters. The molecule has 2 rings (SSSR count). The number of halogens is 1. The Balaban J connectivity index is 2.31. The lowest BCUT2D eigenvalue weighted by Crippen LogP contribution is -2.48. The average molecular weight is 338 g/mol. The monoisotopic (exact) mass is 338 g/mol. The van der Waals surface area contributed by atoms with Gasteiger partial charge in [0.15, 0.2) is 17.7 Å². The quantitative estimate of drug-likeness (QED) is 0.853. The number of rotatable bonds is 5. The van der Waals surface area contributed by atoms with E-state index in [2.05, 4.69) is 22.1 Å². The molecule has 1 heterocycles. The van der Waals surface area contributed by atoms with Gasteiger partial charge in [-0.2, -0.15) is 0 Å². The number of hydrogen-bond donors (Lipinski definition) is 1. The fraction of sp³-hybridized carbons (Fsp3) is 0.300. The van der Waals surface area contributed by atoms with E-state index in [1.807, 2.05) is 0 Å². The zero-order valence-electron chi connectivity index (χ0n) is 14.4. The molecule has 0 aliphatic heterocycles. The number of aromatic nitrogens is 1. The van der Waals surface area contributed by atoms with Gasteiger partial charge in [-0.05, 0) is 32.4 Å². The van der Waals surface area contributed by atoms with Gasteiger partial charge in [0, 0.05) is 23.2 Å². The summed E-state index contributed by atoms with van der Waals surface area (Å²) in [5.74, 6) is 3.91. The number of benzene rings is 1. The first-order valence-corrected chi connectivity index (χ1v) is 7.82. The molecule has 0 aliphatic carbocycles. The zero-order valence-corrected chi connectivity index (χ0v) is 14.4. The molecule has 1 aromatic carbocycles. The molecule has 4 nitrogen and oxygen atoms in total. The van der Waals surface area contributed by atoms with Crippen molar-refractivity contribution in [1.82, 2.24) is 10.3 Å². The van der Waals surface area contributed by atoms with E-state index in [4.69, 9.17) is 17.6 Å². The molecule has 1 amide bonds. The van der Waals surface area contributed by atoms with Gasteiger partial charge in [0.05, 0.1) is 11.1 Å². The van der Waals surface area contributed by atoms with Gasteiger partial charge in [-0.25, -0.2) is 4.39 Å². The molecule has 0 spiro atoms. The highest BCUT2D eigenvalue weighted by Gasteiger charge is 2.25. The number of amides is 1. The van der Waals surface area contributed by atoms with Gasteiger partial charge in [-0.15, -0.1) is 12.8 Å². The Morgan fingerprint density at radius 3 is 2.72 bits per heavy atom. The average Bonchev–Trinajstić information content (AvgIpc) is 2.58. The lowest BCUT2D eigenvalue weighted by atomic mass is 10.1. The van der Waals surface area contributed by atoms with Gasteiger partial charge in [-0.1, -0.05) is 18.8 Å². The van der Waals surface area contributed by atoms with E-state index in [0.29, 0.717) is 22.9 Å². The van der Waals surface area contributed by atoms with Crippen LogP contribution in [0, 0.1) is 30.5 Å². The third-order valence-electron chi connectivity index (χ3n) is 3.63. The minimum Gasteiger partial charge on any atom is -0.478 e. The van der Waals surface area contributed by atoms with E-state index < -0.39 is 23.4 Å². The minimum atomic E-state index is -0.872. The summed E-state index contributed by atoms with van der Waals surface area (Å²) in [6.45, 7) is 5.16. The van der Waals surface area contributed by atoms with Crippen LogP contribution in [0.2, 0.25) is 0 Å². The van der Waals surface area contributed by atoms with Crippen LogP contribution in [0.3, 0.4) is 0 Å². The van der Waals surface area contributed by atoms with Crippen LogP contribution >= 0.6 is 0 Å². The van der Waals surface area contributed by atoms with E-state index in [1.54, 1.807) is 26.8 Å². The van der Waals surface area contributed by atoms with Crippen molar-refractivity contribution in [2.75, 3.05) is 0 Å². The van der Waals surface area contributed by atoms with Crippen molar-refractivity contribution in [2.24, 2.45) is 0 Å². The van der Waals surface area contributed by atoms with Gasteiger partial charge in [0.2, 0.25) is 0 Å². The maximum atomic E-state index is 14.3. The highest BCUT2D eigenvalue weighted by molar-refractivity contribution is 5.83. The molecule has 1 N–H and O–H groups in total. The molecule has 128 valence electrons. The molecule has 2 aromatic rings. The molecule has 0 bridgehead atoms. The number of nitrogens with zero attached hydrogens (tertiary/aromatic N) is 1. The summed E-state index contributed by atoms with van der Waals surface area (Å²) in [6.07, 6.45) is 11.7. The van der Waals surface area contributed by atoms with Crippen LogP contribution in [0.1, 0.15) is 32.8 Å². The molecule has 0 saturated heterocycles. The van der Waals surface area contributed by atoms with Gasteiger partial charge < -0.3 is 10.1 Å². The number of hydrogen-bond acceptors (Lipinski definition) is 3. The van der Waals surface area contributed by atoms with Crippen LogP contribution in [-0.2, 0) is 4.79 Å². The van der Waals surface area contributed by atoms with Crippen LogP contribution in [0.15, 0.2) is 24.4 Å². The Labute approximate surface area is 146 Å². The van der Waals surface area contributed by atoms with Crippen molar-refractivity contribution in [2.45, 2.75) is 38.8 Å². The maximum absolute atomic E-state index is 14.3. The van der Waals surface area contributed by atoms with E-state index in [1.165, 1.54) is 18.3 Å². The van der Waals surface area contributed by atoms with Gasteiger partial charge >= 0.3 is 0 Å². The van der Waals surface area contributed by atoms with E-state index in [9.17, 15) is 9.18 Å². The van der Waals surface area contributed by atoms with Gasteiger partial charge in [-0.3, -0.25) is 9.78 Å². The molecule has 1 atom stereocenters. The lowest BCUT2D eigenvalue weighted by molar-refractivity contribution is -0.129. The highest BCUT2D eigenvalue weighted by atomic mass is 19.1. The van der Waals surface area contributed by atoms with Crippen LogP contribution in [0.25, 0.3) is 10.9 Å². The summed E-state index contributed by atoms with van der Waals surface area (Å²) >= 11 is 0. The van der Waals surface area contributed by atoms with Crippen molar-refractivity contribution in [3.05, 3.63) is 35.8 Å². The molecular formula is C20H19FN2O2. The molecular weight excluding hydrogens is 319 g/mol. The predicted molar refractivity (Wildman–Crippen MR) is 95.4 cm³/mol. The van der Waals surface area contributed by atoms with Crippen LogP contribution < -0.4 is 10.1 Å². The minimum absolute atomic E-state index is 0.0380. The standard InChI is InChI=1S/C20H19FN2O2/c1-6-13-9-14-10-18(15(21)11-16(14)22-12-13)25-17(7-2)19(24)23-20(4,5)8-3/h1,3,9-12,17H,7H2,2,4-5H3,(H,23,24). The van der Waals surface area contributed by atoms with Crippen molar-refractivity contribution in [1.29, 1.82) is 0 Å². The molecule has 0 aliphatic rings. The fourth-order valence-corrected chi connectivity index (χ4v) is 2.20. The summed E-state index contributed by atoms with van der Waals surface area (Å²) in [7, 11) is 0. The largest absolute Gasteiger partial charge is 0.478 e. The third-order valence-corrected chi connectivity index (χ3v) is 3.63. The summed E-state index contributed by atoms with van der Waals surface area (Å²) in [5.41, 5.74) is 0.210. The fourth-order valence-electron chi connectivity index (χ4n) is 2.20. The Bertz CT molecular complexity index is 891. The normalized spacial score (nSPS) is 12.1. The Kier molecular flexibility index (Phi) is 5.29. The second kappa shape index (κ2) is 7.23. The predicted octanol–water partition coefficient (Wildman–Crippen LogP) is 3.04. The molecule has 25 heavy (non-hydrogen) atoms. The Hall–Kier alpha value is -3.05. The number of ether oxygens (including phenoxy) is 1. The first-order valence-electron chi connectivity index (χ1n) is 7.82. The summed E-state index contributed by atoms with van der Waals surface area (Å²) in [6, 6.07) is 4.44. The second-order valence-electron chi connectivity index (χ2n) is 6.12. The maximum Gasteiger partial charge on any atom is 0.262 e. The van der Waals surface area contributed by atoms with Crippen molar-refractivity contribution < 1.29 is 13.9 Å². The molecule has 0 fully saturated rings. The van der Waals surface area contributed by atoms with Gasteiger partial charge in [0.25, 0.3) is 5.91 Å². The third kappa shape index (κ3) is 4.28. The smallest absolute Gasteiger partial charge is 0.262 e. The number of terminal acetylenes is 2. The van der Waals surface area contributed by atoms with Crippen LogP contribution in [0.5, 0.6) is 5.75 Å². The van der Waals surface area contributed by atoms with E-state index in [-0.39, 0.29) is 5.75 Å². The van der Waals surface area contributed by atoms with Crippen molar-refractivity contribution in [3.8, 4) is 30.4 Å². The molecule has 1 aromatic heterocycles. The summed E-state index contributed by atoms with van der Waals surface area (Å²) < 4.78 is 19.9. The zero-order chi connectivity index (χ0) is 18.6. The van der Waals surface area contributed by atoms with Crippen LogP contribution in [-0.4, -0.2) is 22.5 Å². The molecule has 0 saturated carbocycles. The summed E-state index contributed by atoms with van der Waals surface area (Å²) in [5, 5.41) is 3.32. The van der Waals surface area contributed by atoms with Crippen LogP contribution in [0.4, 0.5) is 4.39 Å². The second-order valence-corrected chi connectivity index (χ2v) is 6.12. The van der Waals surface area contributed by atoms with Gasteiger partial charge in [0.1, 0.15) is 0 Å². The van der Waals surface area contributed by atoms with E-state index >= 15 is 0 Å². The van der Waals surface area contributed by atoms with E-state index in [0.717, 1.165) is 0 Å². The number of fused-ring (bicyclic) bond motifs is 1. The van der Waals surface area contributed by atoms with Crippen molar-refractivity contribution >= 4 is 16.8 Å². The number of nitrogens with one attached hydrogen (secondary N) is 1. The Morgan fingerprint density at radius 1 is 1.40 bits per heavy atom. The topological polar surface area (TPSA) is 51.2 Å². The number of pyridine rings is 1. The lowest BCUT2D eigenvalue weighted by Gasteiger charge is -2.24. The Morgan fingerprint density at radius 2 is 2.12 bits per heavy atom. The number of carbonyl (C=O) groups excluding carboxylic acids is 1.